The number of hydrogen-bond donors (Lipinski definition) is 1. The second kappa shape index (κ2) is 4.96. The number of fused-ring (bicyclic) bond motifs is 1. The maximum atomic E-state index is 13.2. The van der Waals surface area contributed by atoms with Gasteiger partial charge in [-0.1, -0.05) is 12.1 Å². The van der Waals surface area contributed by atoms with Crippen molar-refractivity contribution in [3.8, 4) is 0 Å². The molecule has 0 aliphatic heterocycles. The molecule has 0 saturated heterocycles. The van der Waals surface area contributed by atoms with Crippen LogP contribution in [0.5, 0.6) is 0 Å². The number of rotatable bonds is 2. The number of halogens is 2. The topological polar surface area (TPSA) is 20.2 Å². The van der Waals surface area contributed by atoms with Crippen LogP contribution in [0.15, 0.2) is 42.5 Å². The van der Waals surface area contributed by atoms with Gasteiger partial charge in [0.2, 0.25) is 0 Å². The molecule has 0 aliphatic rings. The number of thiophene rings is 1. The summed E-state index contributed by atoms with van der Waals surface area (Å²) in [5.74, 6) is -0.616. The highest BCUT2D eigenvalue weighted by Crippen LogP contribution is 2.34. The lowest BCUT2D eigenvalue weighted by molar-refractivity contribution is 0.223. The highest BCUT2D eigenvalue weighted by atomic mass is 32.1. The van der Waals surface area contributed by atoms with E-state index in [-0.39, 0.29) is 11.6 Å². The van der Waals surface area contributed by atoms with Crippen LogP contribution in [-0.4, -0.2) is 5.11 Å². The second-order valence-corrected chi connectivity index (χ2v) is 5.85. The predicted octanol–water partition coefficient (Wildman–Crippen LogP) is 4.57. The summed E-state index contributed by atoms with van der Waals surface area (Å²) < 4.78 is 27.1. The van der Waals surface area contributed by atoms with Gasteiger partial charge in [0.1, 0.15) is 17.7 Å². The molecule has 0 spiro atoms. The molecule has 1 nitrogen and oxygen atoms in total. The summed E-state index contributed by atoms with van der Waals surface area (Å²) >= 11 is 1.34. The molecule has 0 amide bonds. The van der Waals surface area contributed by atoms with Crippen LogP contribution in [0.4, 0.5) is 8.78 Å². The minimum absolute atomic E-state index is 0.293. The highest BCUT2D eigenvalue weighted by Gasteiger charge is 2.16. The molecule has 0 aliphatic carbocycles. The smallest absolute Gasteiger partial charge is 0.124 e. The van der Waals surface area contributed by atoms with Crippen molar-refractivity contribution in [3.63, 3.8) is 0 Å². The van der Waals surface area contributed by atoms with Gasteiger partial charge in [0.05, 0.1) is 0 Å². The summed E-state index contributed by atoms with van der Waals surface area (Å²) in [6.07, 6.45) is -0.823. The van der Waals surface area contributed by atoms with Crippen LogP contribution in [-0.2, 0) is 0 Å². The lowest BCUT2D eigenvalue weighted by atomic mass is 10.0. The Balaban J connectivity index is 2.05. The van der Waals surface area contributed by atoms with Crippen molar-refractivity contribution >= 4 is 21.4 Å². The van der Waals surface area contributed by atoms with E-state index in [1.54, 1.807) is 19.1 Å². The van der Waals surface area contributed by atoms with Crippen LogP contribution in [0.2, 0.25) is 0 Å². The van der Waals surface area contributed by atoms with E-state index in [9.17, 15) is 13.9 Å². The van der Waals surface area contributed by atoms with Gasteiger partial charge in [-0.2, -0.15) is 0 Å². The standard InChI is InChI=1S/C16H12F2OS/c1-9-6-11(17)4-5-13(9)16(19)15-7-10-2-3-12(18)8-14(10)20-15/h2-8,16,19H,1H3. The zero-order valence-electron chi connectivity index (χ0n) is 10.7. The SMILES string of the molecule is Cc1cc(F)ccc1C(O)c1cc2ccc(F)cc2s1. The molecule has 1 aromatic heterocycles. The van der Waals surface area contributed by atoms with Crippen molar-refractivity contribution in [1.29, 1.82) is 0 Å². The van der Waals surface area contributed by atoms with Crippen LogP contribution in [0.1, 0.15) is 22.1 Å². The Bertz CT molecular complexity index is 779. The highest BCUT2D eigenvalue weighted by molar-refractivity contribution is 7.19. The van der Waals surface area contributed by atoms with Gasteiger partial charge >= 0.3 is 0 Å². The molecule has 0 bridgehead atoms. The van der Waals surface area contributed by atoms with Gasteiger partial charge in [0.25, 0.3) is 0 Å². The Kier molecular flexibility index (Phi) is 3.28. The molecule has 0 radical (unpaired) electrons. The Morgan fingerprint density at radius 2 is 1.70 bits per heavy atom. The van der Waals surface area contributed by atoms with Gasteiger partial charge in [0, 0.05) is 9.58 Å². The molecule has 2 aromatic carbocycles. The van der Waals surface area contributed by atoms with E-state index in [2.05, 4.69) is 0 Å². The first-order valence-corrected chi connectivity index (χ1v) is 6.99. The minimum Gasteiger partial charge on any atom is -0.383 e. The number of aliphatic hydroxyl groups excluding tert-OH is 1. The zero-order chi connectivity index (χ0) is 14.3. The third-order valence-corrected chi connectivity index (χ3v) is 4.45. The molecule has 4 heteroatoms. The first-order valence-electron chi connectivity index (χ1n) is 6.18. The molecule has 1 N–H and O–H groups in total. The molecule has 102 valence electrons. The maximum Gasteiger partial charge on any atom is 0.124 e. The fourth-order valence-corrected chi connectivity index (χ4v) is 3.35. The maximum absolute atomic E-state index is 13.2. The van der Waals surface area contributed by atoms with Crippen molar-refractivity contribution in [1.82, 2.24) is 0 Å². The predicted molar refractivity (Wildman–Crippen MR) is 77.0 cm³/mol. The Hall–Kier alpha value is -1.78. The minimum atomic E-state index is -0.823. The summed E-state index contributed by atoms with van der Waals surface area (Å²) in [4.78, 5) is 0.723. The van der Waals surface area contributed by atoms with Gasteiger partial charge in [0.15, 0.2) is 0 Å². The number of benzene rings is 2. The quantitative estimate of drug-likeness (QED) is 0.733. The number of aryl methyl sites for hydroxylation is 1. The first kappa shape index (κ1) is 13.2. The van der Waals surface area contributed by atoms with Crippen molar-refractivity contribution in [2.45, 2.75) is 13.0 Å². The summed E-state index contributed by atoms with van der Waals surface area (Å²) in [6.45, 7) is 1.76. The fourth-order valence-electron chi connectivity index (χ4n) is 2.26. The molecule has 20 heavy (non-hydrogen) atoms. The zero-order valence-corrected chi connectivity index (χ0v) is 11.5. The third-order valence-electron chi connectivity index (χ3n) is 3.30. The van der Waals surface area contributed by atoms with Crippen LogP contribution in [0.25, 0.3) is 10.1 Å². The van der Waals surface area contributed by atoms with Crippen molar-refractivity contribution in [2.24, 2.45) is 0 Å². The van der Waals surface area contributed by atoms with E-state index < -0.39 is 6.10 Å². The molecule has 1 unspecified atom stereocenters. The Labute approximate surface area is 119 Å². The van der Waals surface area contributed by atoms with E-state index in [4.69, 9.17) is 0 Å². The fraction of sp³-hybridized carbons (Fsp3) is 0.125. The Morgan fingerprint density at radius 1 is 1.00 bits per heavy atom. The van der Waals surface area contributed by atoms with Crippen molar-refractivity contribution in [2.75, 3.05) is 0 Å². The van der Waals surface area contributed by atoms with Crippen LogP contribution in [0, 0.1) is 18.6 Å². The molecular formula is C16H12F2OS. The van der Waals surface area contributed by atoms with Crippen LogP contribution < -0.4 is 0 Å². The third kappa shape index (κ3) is 2.32. The summed E-state index contributed by atoms with van der Waals surface area (Å²) in [5, 5.41) is 11.3. The molecule has 3 aromatic rings. The van der Waals surface area contributed by atoms with Gasteiger partial charge in [-0.25, -0.2) is 8.78 Å². The average molecular weight is 290 g/mol. The summed E-state index contributed by atoms with van der Waals surface area (Å²) in [5.41, 5.74) is 1.36. The molecule has 1 heterocycles. The van der Waals surface area contributed by atoms with Crippen LogP contribution in [0.3, 0.4) is 0 Å². The number of aliphatic hydroxyl groups is 1. The van der Waals surface area contributed by atoms with E-state index in [1.807, 2.05) is 6.07 Å². The van der Waals surface area contributed by atoms with E-state index in [0.717, 1.165) is 15.0 Å². The Morgan fingerprint density at radius 3 is 2.45 bits per heavy atom. The monoisotopic (exact) mass is 290 g/mol. The van der Waals surface area contributed by atoms with Gasteiger partial charge in [-0.3, -0.25) is 0 Å². The molecular weight excluding hydrogens is 278 g/mol. The van der Waals surface area contributed by atoms with E-state index >= 15 is 0 Å². The van der Waals surface area contributed by atoms with E-state index in [1.165, 1.54) is 35.6 Å². The van der Waals surface area contributed by atoms with Gasteiger partial charge in [-0.15, -0.1) is 11.3 Å². The second-order valence-electron chi connectivity index (χ2n) is 4.73. The van der Waals surface area contributed by atoms with Crippen molar-refractivity contribution < 1.29 is 13.9 Å². The largest absolute Gasteiger partial charge is 0.383 e. The molecule has 0 saturated carbocycles. The molecule has 3 rings (SSSR count). The summed E-state index contributed by atoms with van der Waals surface area (Å²) in [6, 6.07) is 10.7. The lowest BCUT2D eigenvalue weighted by Gasteiger charge is -2.11. The van der Waals surface area contributed by atoms with Crippen molar-refractivity contribution in [3.05, 3.63) is 70.1 Å². The molecule has 1 atom stereocenters. The number of hydrogen-bond acceptors (Lipinski definition) is 2. The van der Waals surface area contributed by atoms with Gasteiger partial charge < -0.3 is 5.11 Å². The normalized spacial score (nSPS) is 12.8. The first-order chi connectivity index (χ1) is 9.54. The average Bonchev–Trinajstić information content (AvgIpc) is 2.81. The van der Waals surface area contributed by atoms with Gasteiger partial charge in [-0.05, 0) is 53.8 Å². The lowest BCUT2D eigenvalue weighted by Crippen LogP contribution is -2.00. The summed E-state index contributed by atoms with van der Waals surface area (Å²) in [7, 11) is 0. The van der Waals surface area contributed by atoms with Crippen LogP contribution >= 0.6 is 11.3 Å². The molecule has 0 fully saturated rings. The van der Waals surface area contributed by atoms with E-state index in [0.29, 0.717) is 11.1 Å².